The number of allylic oxidation sites excluding steroid dienone is 1. The van der Waals surface area contributed by atoms with E-state index >= 15 is 0 Å². The first-order valence-electron chi connectivity index (χ1n) is 14.2. The molecule has 1 amide bonds. The van der Waals surface area contributed by atoms with Crippen molar-refractivity contribution >= 4 is 29.1 Å². The van der Waals surface area contributed by atoms with Crippen LogP contribution in [0.1, 0.15) is 41.6 Å². The van der Waals surface area contributed by atoms with Gasteiger partial charge in [0.15, 0.2) is 35.1 Å². The Morgan fingerprint density at radius 3 is 2.07 bits per heavy atom. The number of nitrogens with one attached hydrogen (secondary N) is 1. The molecule has 0 saturated carbocycles. The lowest BCUT2D eigenvalue weighted by atomic mass is 9.69. The van der Waals surface area contributed by atoms with Crippen LogP contribution in [0.4, 0.5) is 0 Å². The second kappa shape index (κ2) is 14.1. The zero-order valence-corrected chi connectivity index (χ0v) is 27.7. The van der Waals surface area contributed by atoms with Gasteiger partial charge in [-0.1, -0.05) is 18.5 Å². The zero-order chi connectivity index (χ0) is 33.9. The first-order valence-corrected chi connectivity index (χ1v) is 14.6. The predicted octanol–water partition coefficient (Wildman–Crippen LogP) is 4.03. The largest absolute Gasteiger partial charge is 0.507 e. The summed E-state index contributed by atoms with van der Waals surface area (Å²) in [6.07, 6.45) is -1.27. The molecule has 3 atom stereocenters. The van der Waals surface area contributed by atoms with Gasteiger partial charge in [0.25, 0.3) is 0 Å². The van der Waals surface area contributed by atoms with Crippen LogP contribution in [0.2, 0.25) is 5.02 Å². The smallest absolute Gasteiger partial charge is 0.231 e. The van der Waals surface area contributed by atoms with E-state index in [1.54, 1.807) is 19.1 Å². The van der Waals surface area contributed by atoms with Gasteiger partial charge in [-0.3, -0.25) is 14.4 Å². The minimum Gasteiger partial charge on any atom is -0.507 e. The van der Waals surface area contributed by atoms with Crippen LogP contribution >= 0.6 is 11.6 Å². The van der Waals surface area contributed by atoms with Gasteiger partial charge in [-0.2, -0.15) is 0 Å². The van der Waals surface area contributed by atoms with E-state index in [2.05, 4.69) is 5.32 Å². The normalized spacial score (nSPS) is 19.6. The molecule has 1 unspecified atom stereocenters. The van der Waals surface area contributed by atoms with Gasteiger partial charge in [0.1, 0.15) is 22.1 Å². The SMILES string of the molecule is COc1cc(OC)c2c(c1Cl)O[C@]1(C2=O)C(O)=C(C(CC(=O)NCC(OC)OC)c2cc(OC)c(OC)c(OC)c2)C(=O)C[C@H]1C. The first-order chi connectivity index (χ1) is 22.0. The fourth-order valence-corrected chi connectivity index (χ4v) is 6.21. The third-order valence-corrected chi connectivity index (χ3v) is 8.69. The van der Waals surface area contributed by atoms with Crippen LogP contribution in [0.3, 0.4) is 0 Å². The van der Waals surface area contributed by atoms with Crippen molar-refractivity contribution in [3.05, 3.63) is 45.7 Å². The predicted molar refractivity (Wildman–Crippen MR) is 165 cm³/mol. The number of rotatable bonds is 13. The van der Waals surface area contributed by atoms with Gasteiger partial charge < -0.3 is 48.3 Å². The van der Waals surface area contributed by atoms with Crippen LogP contribution in [0.25, 0.3) is 0 Å². The van der Waals surface area contributed by atoms with Crippen LogP contribution in [0, 0.1) is 5.92 Å². The molecule has 1 heterocycles. The molecule has 1 aliphatic carbocycles. The lowest BCUT2D eigenvalue weighted by Crippen LogP contribution is -2.53. The van der Waals surface area contributed by atoms with Crippen molar-refractivity contribution in [3.63, 3.8) is 0 Å². The number of ketones is 2. The molecule has 4 rings (SSSR count). The Balaban J connectivity index is 1.94. The second-order valence-electron chi connectivity index (χ2n) is 10.7. The Bertz CT molecular complexity index is 1530. The number of carbonyl (C=O) groups excluding carboxylic acids is 3. The summed E-state index contributed by atoms with van der Waals surface area (Å²) in [7, 11) is 9.90. The zero-order valence-electron chi connectivity index (χ0n) is 26.9. The highest BCUT2D eigenvalue weighted by atomic mass is 35.5. The molecule has 0 fully saturated rings. The van der Waals surface area contributed by atoms with E-state index in [0.717, 1.165) is 0 Å². The van der Waals surface area contributed by atoms with E-state index in [1.165, 1.54) is 55.8 Å². The number of aliphatic hydroxyl groups is 1. The Morgan fingerprint density at radius 1 is 0.957 bits per heavy atom. The van der Waals surface area contributed by atoms with E-state index in [-0.39, 0.29) is 70.0 Å². The quantitative estimate of drug-likeness (QED) is 0.297. The number of ether oxygens (including phenoxy) is 8. The van der Waals surface area contributed by atoms with Gasteiger partial charge in [-0.15, -0.1) is 0 Å². The third kappa shape index (κ3) is 5.78. The van der Waals surface area contributed by atoms with E-state index in [9.17, 15) is 19.5 Å². The molecule has 0 saturated heterocycles. The van der Waals surface area contributed by atoms with Crippen molar-refractivity contribution in [1.29, 1.82) is 0 Å². The molecule has 0 bridgehead atoms. The molecular formula is C32H38ClNO12. The number of hydrogen-bond donors (Lipinski definition) is 2. The standard InChI is InChI=1S/C32H38ClNO12/c1-15-9-18(35)25(30(37)32(15)31(38)26-19(39-2)13-20(40-3)27(33)29(26)46-32)17(12-23(36)34-14-24(43-6)44-7)16-10-21(41-4)28(45-8)22(11-16)42-5/h10-11,13,15,17,24,37H,9,12,14H2,1-8H3,(H,34,36)/t15-,17?,32+/m1/s1. The van der Waals surface area contributed by atoms with Crippen molar-refractivity contribution in [1.82, 2.24) is 5.32 Å². The van der Waals surface area contributed by atoms with E-state index < -0.39 is 47.0 Å². The number of amides is 1. The summed E-state index contributed by atoms with van der Waals surface area (Å²) in [4.78, 5) is 41.6. The fraction of sp³-hybridized carbons (Fsp3) is 0.469. The molecule has 2 aliphatic rings. The molecule has 1 aliphatic heterocycles. The third-order valence-electron chi connectivity index (χ3n) is 8.33. The Kier molecular flexibility index (Phi) is 10.6. The lowest BCUT2D eigenvalue weighted by molar-refractivity contribution is -0.127. The molecule has 0 aromatic heterocycles. The van der Waals surface area contributed by atoms with Gasteiger partial charge in [-0.25, -0.2) is 0 Å². The lowest BCUT2D eigenvalue weighted by Gasteiger charge is -2.38. The van der Waals surface area contributed by atoms with Crippen LogP contribution in [-0.4, -0.2) is 90.8 Å². The Labute approximate surface area is 271 Å². The summed E-state index contributed by atoms with van der Waals surface area (Å²) in [5, 5.41) is 14.8. The summed E-state index contributed by atoms with van der Waals surface area (Å²) in [6.45, 7) is 1.62. The van der Waals surface area contributed by atoms with Crippen LogP contribution in [0.5, 0.6) is 34.5 Å². The number of Topliss-reactive ketones (excluding diaryl/α,β-unsaturated/α-hetero) is 2. The molecular weight excluding hydrogens is 626 g/mol. The summed E-state index contributed by atoms with van der Waals surface area (Å²) < 4.78 is 44.0. The highest BCUT2D eigenvalue weighted by molar-refractivity contribution is 6.35. The fourth-order valence-electron chi connectivity index (χ4n) is 5.95. The van der Waals surface area contributed by atoms with Crippen molar-refractivity contribution in [2.24, 2.45) is 5.92 Å². The number of hydrogen-bond acceptors (Lipinski definition) is 12. The van der Waals surface area contributed by atoms with E-state index in [1.807, 2.05) is 0 Å². The molecule has 13 nitrogen and oxygen atoms in total. The van der Waals surface area contributed by atoms with Crippen LogP contribution in [-0.2, 0) is 19.1 Å². The maximum atomic E-state index is 14.3. The minimum atomic E-state index is -2.05. The Morgan fingerprint density at radius 2 is 1.54 bits per heavy atom. The topological polar surface area (TPSA) is 157 Å². The highest BCUT2D eigenvalue weighted by Crippen LogP contribution is 2.56. The van der Waals surface area contributed by atoms with Crippen molar-refractivity contribution < 1.29 is 57.4 Å². The number of methoxy groups -OCH3 is 7. The molecule has 46 heavy (non-hydrogen) atoms. The summed E-state index contributed by atoms with van der Waals surface area (Å²) >= 11 is 6.58. The van der Waals surface area contributed by atoms with E-state index in [4.69, 9.17) is 49.5 Å². The maximum absolute atomic E-state index is 14.3. The second-order valence-corrected chi connectivity index (χ2v) is 11.1. The summed E-state index contributed by atoms with van der Waals surface area (Å²) in [5.41, 5.74) is -1.89. The van der Waals surface area contributed by atoms with Crippen molar-refractivity contribution in [3.8, 4) is 34.5 Å². The number of benzene rings is 2. The van der Waals surface area contributed by atoms with Crippen molar-refractivity contribution in [2.45, 2.75) is 37.6 Å². The van der Waals surface area contributed by atoms with Gasteiger partial charge in [0.05, 0.1) is 42.1 Å². The molecule has 2 aromatic rings. The molecule has 0 radical (unpaired) electrons. The maximum Gasteiger partial charge on any atom is 0.231 e. The van der Waals surface area contributed by atoms with Crippen molar-refractivity contribution in [2.75, 3.05) is 56.3 Å². The monoisotopic (exact) mass is 663 g/mol. The molecule has 14 heteroatoms. The number of halogens is 1. The molecule has 2 aromatic carbocycles. The number of carbonyl (C=O) groups is 3. The molecule has 250 valence electrons. The molecule has 1 spiro atoms. The summed E-state index contributed by atoms with van der Waals surface area (Å²) in [6, 6.07) is 4.58. The van der Waals surface area contributed by atoms with Gasteiger partial charge >= 0.3 is 0 Å². The average Bonchev–Trinajstić information content (AvgIpc) is 3.37. The van der Waals surface area contributed by atoms with E-state index in [0.29, 0.717) is 5.56 Å². The van der Waals surface area contributed by atoms with Crippen LogP contribution < -0.4 is 33.7 Å². The minimum absolute atomic E-state index is 0.00475. The first kappa shape index (κ1) is 34.7. The average molecular weight is 664 g/mol. The van der Waals surface area contributed by atoms with Crippen LogP contribution in [0.15, 0.2) is 29.5 Å². The Hall–Kier alpha value is -4.20. The number of fused-ring (bicyclic) bond motifs is 1. The highest BCUT2D eigenvalue weighted by Gasteiger charge is 2.61. The summed E-state index contributed by atoms with van der Waals surface area (Å²) in [5.74, 6) is -3.23. The van der Waals surface area contributed by atoms with Gasteiger partial charge in [0, 0.05) is 50.5 Å². The number of aliphatic hydroxyl groups excluding tert-OH is 1. The van der Waals surface area contributed by atoms with Gasteiger partial charge in [-0.05, 0) is 17.7 Å². The molecule has 2 N–H and O–H groups in total. The van der Waals surface area contributed by atoms with Gasteiger partial charge in [0.2, 0.25) is 23.0 Å².